The highest BCUT2D eigenvalue weighted by Crippen LogP contribution is 2.04. The lowest BCUT2D eigenvalue weighted by atomic mass is 10.4. The van der Waals surface area contributed by atoms with Crippen LogP contribution in [-0.4, -0.2) is 48.4 Å². The number of thiocarbonyl (C=S) groups is 1. The smallest absolute Gasteiger partial charge is 0.241 e. The predicted molar refractivity (Wildman–Crippen MR) is 55.3 cm³/mol. The quantitative estimate of drug-likeness (QED) is 0.426. The third-order valence-corrected chi connectivity index (χ3v) is 3.68. The third kappa shape index (κ3) is 3.22. The van der Waals surface area contributed by atoms with Gasteiger partial charge in [0.15, 0.2) is 0 Å². The number of sulfonamides is 1. The molecule has 1 aliphatic rings. The first-order chi connectivity index (χ1) is 6.81. The molecule has 1 fully saturated rings. The van der Waals surface area contributed by atoms with Crippen molar-refractivity contribution in [3.05, 3.63) is 0 Å². The largest absolute Gasteiger partial charge is 0.392 e. The van der Waals surface area contributed by atoms with E-state index in [1.54, 1.807) is 0 Å². The zero-order chi connectivity index (χ0) is 11.6. The number of nitrogens with one attached hydrogen (secondary N) is 1. The number of hydrogen-bond acceptors (Lipinski definition) is 5. The van der Waals surface area contributed by atoms with Crippen LogP contribution in [0.5, 0.6) is 0 Å². The number of nitrogens with two attached hydrogens (primary N) is 1. The first kappa shape index (κ1) is 12.0. The Bertz CT molecular complexity index is 400. The van der Waals surface area contributed by atoms with Crippen LogP contribution < -0.4 is 11.1 Å². The first-order valence-corrected chi connectivity index (χ1v) is 5.92. The van der Waals surface area contributed by atoms with Crippen LogP contribution in [0.15, 0.2) is 0 Å². The van der Waals surface area contributed by atoms with E-state index in [1.165, 1.54) is 0 Å². The van der Waals surface area contributed by atoms with Crippen LogP contribution in [0.25, 0.3) is 0 Å². The highest BCUT2D eigenvalue weighted by atomic mass is 32.2. The van der Waals surface area contributed by atoms with Gasteiger partial charge in [0.1, 0.15) is 5.75 Å². The van der Waals surface area contributed by atoms with Gasteiger partial charge in [0, 0.05) is 0 Å². The van der Waals surface area contributed by atoms with Gasteiger partial charge in [-0.05, 0) is 0 Å². The summed E-state index contributed by atoms with van der Waals surface area (Å²) in [5, 5.41) is 1.99. The average molecular weight is 251 g/mol. The number of hydrogen-bond donors (Lipinski definition) is 2. The SMILES string of the molecule is NC(=S)CS(=O)(=O)N1CC(=O)NC(=O)C1. The zero-order valence-corrected chi connectivity index (χ0v) is 9.23. The molecule has 0 aromatic carbocycles. The zero-order valence-electron chi connectivity index (χ0n) is 7.60. The van der Waals surface area contributed by atoms with E-state index in [1.807, 2.05) is 5.32 Å². The van der Waals surface area contributed by atoms with Crippen LogP contribution in [0, 0.1) is 0 Å². The molecule has 0 unspecified atom stereocenters. The van der Waals surface area contributed by atoms with Crippen molar-refractivity contribution in [2.24, 2.45) is 5.73 Å². The van der Waals surface area contributed by atoms with Crippen LogP contribution >= 0.6 is 12.2 Å². The molecule has 1 rings (SSSR count). The van der Waals surface area contributed by atoms with Crippen molar-refractivity contribution >= 4 is 39.0 Å². The molecule has 1 aliphatic heterocycles. The maximum atomic E-state index is 11.5. The number of imide groups is 1. The fourth-order valence-corrected chi connectivity index (χ4v) is 2.70. The van der Waals surface area contributed by atoms with E-state index in [-0.39, 0.29) is 18.1 Å². The lowest BCUT2D eigenvalue weighted by Crippen LogP contribution is -2.54. The van der Waals surface area contributed by atoms with Crippen molar-refractivity contribution in [2.75, 3.05) is 18.8 Å². The van der Waals surface area contributed by atoms with E-state index in [0.717, 1.165) is 4.31 Å². The van der Waals surface area contributed by atoms with Gasteiger partial charge in [-0.15, -0.1) is 0 Å². The summed E-state index contributed by atoms with van der Waals surface area (Å²) in [6, 6.07) is 0. The van der Waals surface area contributed by atoms with Crippen molar-refractivity contribution in [3.8, 4) is 0 Å². The summed E-state index contributed by atoms with van der Waals surface area (Å²) in [6.45, 7) is -0.757. The number of nitrogens with zero attached hydrogens (tertiary/aromatic N) is 1. The summed E-state index contributed by atoms with van der Waals surface area (Å²) in [4.78, 5) is 21.6. The molecule has 0 spiro atoms. The highest BCUT2D eigenvalue weighted by molar-refractivity contribution is 7.92. The third-order valence-electron chi connectivity index (χ3n) is 1.64. The molecule has 1 saturated heterocycles. The fourth-order valence-electron chi connectivity index (χ4n) is 1.08. The van der Waals surface area contributed by atoms with Crippen LogP contribution in [0.1, 0.15) is 0 Å². The molecule has 0 aromatic rings. The number of amides is 2. The molecule has 3 N–H and O–H groups in total. The second kappa shape index (κ2) is 4.21. The number of piperazine rings is 1. The minimum atomic E-state index is -3.76. The first-order valence-electron chi connectivity index (χ1n) is 3.90. The van der Waals surface area contributed by atoms with Crippen LogP contribution in [0.4, 0.5) is 0 Å². The Morgan fingerprint density at radius 2 is 1.87 bits per heavy atom. The van der Waals surface area contributed by atoms with Gasteiger partial charge < -0.3 is 5.73 Å². The second-order valence-electron chi connectivity index (χ2n) is 2.96. The van der Waals surface area contributed by atoms with Gasteiger partial charge >= 0.3 is 0 Å². The molecule has 1 heterocycles. The van der Waals surface area contributed by atoms with Crippen LogP contribution in [-0.2, 0) is 19.6 Å². The van der Waals surface area contributed by atoms with E-state index < -0.39 is 27.6 Å². The van der Waals surface area contributed by atoms with Gasteiger partial charge in [0.2, 0.25) is 21.8 Å². The van der Waals surface area contributed by atoms with E-state index in [2.05, 4.69) is 12.2 Å². The Morgan fingerprint density at radius 3 is 2.27 bits per heavy atom. The van der Waals surface area contributed by atoms with Crippen LogP contribution in [0.3, 0.4) is 0 Å². The molecule has 9 heteroatoms. The molecule has 0 radical (unpaired) electrons. The second-order valence-corrected chi connectivity index (χ2v) is 5.46. The summed E-state index contributed by atoms with van der Waals surface area (Å²) in [7, 11) is -3.76. The molecule has 0 atom stereocenters. The summed E-state index contributed by atoms with van der Waals surface area (Å²) < 4.78 is 23.8. The van der Waals surface area contributed by atoms with Gasteiger partial charge in [-0.25, -0.2) is 8.42 Å². The molecule has 84 valence electrons. The Hall–Kier alpha value is -1.06. The summed E-state index contributed by atoms with van der Waals surface area (Å²) in [5.41, 5.74) is 5.09. The molecule has 0 aliphatic carbocycles. The molecule has 0 bridgehead atoms. The molecular weight excluding hydrogens is 242 g/mol. The summed E-state index contributed by atoms with van der Waals surface area (Å²) in [6.07, 6.45) is 0. The highest BCUT2D eigenvalue weighted by Gasteiger charge is 2.31. The van der Waals surface area contributed by atoms with Crippen LogP contribution in [0.2, 0.25) is 0 Å². The average Bonchev–Trinajstić information content (AvgIpc) is 1.99. The molecule has 7 nitrogen and oxygen atoms in total. The monoisotopic (exact) mass is 251 g/mol. The Kier molecular flexibility index (Phi) is 3.37. The van der Waals surface area contributed by atoms with Gasteiger partial charge in [0.25, 0.3) is 0 Å². The van der Waals surface area contributed by atoms with Gasteiger partial charge in [0.05, 0.1) is 18.1 Å². The molecule has 2 amide bonds. The molecule has 0 saturated carbocycles. The Balaban J connectivity index is 2.83. The van der Waals surface area contributed by atoms with E-state index in [4.69, 9.17) is 5.73 Å². The van der Waals surface area contributed by atoms with Gasteiger partial charge in [-0.2, -0.15) is 4.31 Å². The standard InChI is InChI=1S/C6H9N3O4S2/c7-4(14)3-15(12,13)9-1-5(10)8-6(11)2-9/h1-3H2,(H2,7,14)(H,8,10,11). The Labute approximate surface area is 91.7 Å². The lowest BCUT2D eigenvalue weighted by Gasteiger charge is -2.24. The summed E-state index contributed by atoms with van der Waals surface area (Å²) >= 11 is 4.46. The molecule has 0 aromatic heterocycles. The van der Waals surface area contributed by atoms with E-state index in [9.17, 15) is 18.0 Å². The van der Waals surface area contributed by atoms with Crippen molar-refractivity contribution in [3.63, 3.8) is 0 Å². The molecule has 15 heavy (non-hydrogen) atoms. The fraction of sp³-hybridized carbons (Fsp3) is 0.500. The van der Waals surface area contributed by atoms with Crippen molar-refractivity contribution < 1.29 is 18.0 Å². The topological polar surface area (TPSA) is 110 Å². The van der Waals surface area contributed by atoms with Crippen molar-refractivity contribution in [1.82, 2.24) is 9.62 Å². The minimum absolute atomic E-state index is 0.201. The Morgan fingerprint density at radius 1 is 1.40 bits per heavy atom. The lowest BCUT2D eigenvalue weighted by molar-refractivity contribution is -0.134. The van der Waals surface area contributed by atoms with Crippen molar-refractivity contribution in [1.29, 1.82) is 0 Å². The maximum Gasteiger partial charge on any atom is 0.241 e. The number of carbonyl (C=O) groups excluding carboxylic acids is 2. The van der Waals surface area contributed by atoms with E-state index >= 15 is 0 Å². The number of carbonyl (C=O) groups is 2. The minimum Gasteiger partial charge on any atom is -0.392 e. The normalized spacial score (nSPS) is 18.7. The van der Waals surface area contributed by atoms with Gasteiger partial charge in [-0.3, -0.25) is 14.9 Å². The predicted octanol–water partition coefficient (Wildman–Crippen LogP) is -2.44. The summed E-state index contributed by atoms with van der Waals surface area (Å²) in [5.74, 6) is -1.85. The number of rotatable bonds is 3. The molecular formula is C6H9N3O4S2. The maximum absolute atomic E-state index is 11.5. The van der Waals surface area contributed by atoms with Crippen molar-refractivity contribution in [2.45, 2.75) is 0 Å². The van der Waals surface area contributed by atoms with E-state index in [0.29, 0.717) is 0 Å². The van der Waals surface area contributed by atoms with Gasteiger partial charge in [-0.1, -0.05) is 12.2 Å².